The minimum atomic E-state index is -0.0790. The van der Waals surface area contributed by atoms with E-state index in [0.29, 0.717) is 6.04 Å². The predicted molar refractivity (Wildman–Crippen MR) is 67.8 cm³/mol. The first kappa shape index (κ1) is 10.8. The van der Waals surface area contributed by atoms with Crippen molar-refractivity contribution in [2.45, 2.75) is 25.9 Å². The summed E-state index contributed by atoms with van der Waals surface area (Å²) in [7, 11) is 4.17. The Morgan fingerprint density at radius 1 is 1.41 bits per heavy atom. The molecule has 0 bridgehead atoms. The Kier molecular flexibility index (Phi) is 2.26. The quantitative estimate of drug-likeness (QED) is 0.733. The van der Waals surface area contributed by atoms with E-state index in [1.54, 1.807) is 6.07 Å². The predicted octanol–water partition coefficient (Wildman–Crippen LogP) is 2.58. The lowest BCUT2D eigenvalue weighted by molar-refractivity contribution is 0.258. The van der Waals surface area contributed by atoms with Crippen molar-refractivity contribution in [2.24, 2.45) is 0 Å². The molecule has 2 aromatic rings. The summed E-state index contributed by atoms with van der Waals surface area (Å²) in [5, 5.41) is 1.07. The number of hydrogen-bond acceptors (Lipinski definition) is 1. The summed E-state index contributed by atoms with van der Waals surface area (Å²) in [6.07, 6.45) is 3.01. The normalized spacial score (nSPS) is 19.2. The molecule has 0 radical (unpaired) electrons. The highest BCUT2D eigenvalue weighted by Gasteiger charge is 2.23. The van der Waals surface area contributed by atoms with Crippen LogP contribution in [0.3, 0.4) is 0 Å². The summed E-state index contributed by atoms with van der Waals surface area (Å²) in [4.78, 5) is 2.21. The number of benzene rings is 1. The van der Waals surface area contributed by atoms with Crippen molar-refractivity contribution in [1.82, 2.24) is 9.47 Å². The third kappa shape index (κ3) is 1.49. The largest absolute Gasteiger partial charge is 0.346 e. The molecule has 2 heterocycles. The molecule has 1 aliphatic rings. The second kappa shape index (κ2) is 3.57. The average molecular weight is 232 g/mol. The van der Waals surface area contributed by atoms with Crippen LogP contribution in [-0.4, -0.2) is 29.6 Å². The fourth-order valence-electron chi connectivity index (χ4n) is 2.79. The van der Waals surface area contributed by atoms with Gasteiger partial charge in [0.25, 0.3) is 0 Å². The number of aryl methyl sites for hydroxylation is 1. The molecule has 0 saturated carbocycles. The van der Waals surface area contributed by atoms with Crippen LogP contribution >= 0.6 is 0 Å². The molecule has 1 unspecified atom stereocenters. The minimum absolute atomic E-state index is 0.0790. The van der Waals surface area contributed by atoms with Gasteiger partial charge in [-0.25, -0.2) is 4.39 Å². The highest BCUT2D eigenvalue weighted by molar-refractivity contribution is 5.87. The van der Waals surface area contributed by atoms with Crippen molar-refractivity contribution < 1.29 is 4.39 Å². The fraction of sp³-hybridized carbons (Fsp3) is 0.429. The minimum Gasteiger partial charge on any atom is -0.346 e. The van der Waals surface area contributed by atoms with Crippen LogP contribution in [0.5, 0.6) is 0 Å². The molecule has 0 saturated heterocycles. The van der Waals surface area contributed by atoms with E-state index in [2.05, 4.69) is 29.8 Å². The van der Waals surface area contributed by atoms with Gasteiger partial charge in [-0.3, -0.25) is 0 Å². The molecule has 0 amide bonds. The van der Waals surface area contributed by atoms with E-state index in [9.17, 15) is 4.39 Å². The maximum absolute atomic E-state index is 13.8. The van der Waals surface area contributed by atoms with Crippen LogP contribution < -0.4 is 0 Å². The van der Waals surface area contributed by atoms with Gasteiger partial charge in [-0.2, -0.15) is 0 Å². The fourth-order valence-corrected chi connectivity index (χ4v) is 2.79. The van der Waals surface area contributed by atoms with Gasteiger partial charge in [0, 0.05) is 24.2 Å². The molecular formula is C14H17FN2. The molecule has 2 nitrogen and oxygen atoms in total. The molecule has 3 rings (SSSR count). The number of likely N-dealkylation sites (N-methyl/N-ethyl adjacent to an activating group) is 1. The second-order valence-electron chi connectivity index (χ2n) is 5.19. The number of hydrogen-bond donors (Lipinski definition) is 0. The summed E-state index contributed by atoms with van der Waals surface area (Å²) in [6.45, 7) is 2.85. The number of halogens is 1. The second-order valence-corrected chi connectivity index (χ2v) is 5.19. The first-order valence-corrected chi connectivity index (χ1v) is 6.01. The van der Waals surface area contributed by atoms with E-state index in [0.717, 1.165) is 29.5 Å². The van der Waals surface area contributed by atoms with E-state index >= 15 is 0 Å². The van der Waals surface area contributed by atoms with Gasteiger partial charge in [-0.15, -0.1) is 0 Å². The Labute approximate surface area is 101 Å². The van der Waals surface area contributed by atoms with Gasteiger partial charge in [0.2, 0.25) is 0 Å². The third-order valence-electron chi connectivity index (χ3n) is 3.92. The molecule has 90 valence electrons. The van der Waals surface area contributed by atoms with Gasteiger partial charge in [-0.1, -0.05) is 0 Å². The zero-order valence-corrected chi connectivity index (χ0v) is 10.5. The van der Waals surface area contributed by atoms with Gasteiger partial charge in [-0.05, 0) is 50.7 Å². The standard InChI is InChI=1S/C14H17FN2/c1-9-12-4-5-17-8-11(16(2)3)6-10(14(12)17)7-13(9)15/h4-5,7,11H,6,8H2,1-3H3. The van der Waals surface area contributed by atoms with Crippen LogP contribution in [0.2, 0.25) is 0 Å². The van der Waals surface area contributed by atoms with Gasteiger partial charge in [0.05, 0.1) is 5.52 Å². The smallest absolute Gasteiger partial charge is 0.127 e. The number of nitrogens with zero attached hydrogens (tertiary/aromatic N) is 2. The highest BCUT2D eigenvalue weighted by Crippen LogP contribution is 2.31. The van der Waals surface area contributed by atoms with Crippen molar-refractivity contribution in [3.05, 3.63) is 35.3 Å². The molecule has 1 aromatic heterocycles. The van der Waals surface area contributed by atoms with Crippen LogP contribution in [0.1, 0.15) is 11.1 Å². The lowest BCUT2D eigenvalue weighted by Crippen LogP contribution is -2.36. The molecular weight excluding hydrogens is 215 g/mol. The summed E-state index contributed by atoms with van der Waals surface area (Å²) in [5.41, 5.74) is 3.13. The zero-order chi connectivity index (χ0) is 12.2. The van der Waals surface area contributed by atoms with Gasteiger partial charge < -0.3 is 9.47 Å². The number of aromatic nitrogens is 1. The SMILES string of the molecule is Cc1c(F)cc2c3c1ccn3CC(N(C)C)C2. The number of rotatable bonds is 1. The topological polar surface area (TPSA) is 8.17 Å². The van der Waals surface area contributed by atoms with Gasteiger partial charge >= 0.3 is 0 Å². The van der Waals surface area contributed by atoms with Crippen molar-refractivity contribution in [3.63, 3.8) is 0 Å². The maximum Gasteiger partial charge on any atom is 0.127 e. The Morgan fingerprint density at radius 3 is 2.88 bits per heavy atom. The third-order valence-corrected chi connectivity index (χ3v) is 3.92. The molecule has 17 heavy (non-hydrogen) atoms. The molecule has 1 atom stereocenters. The zero-order valence-electron chi connectivity index (χ0n) is 10.5. The van der Waals surface area contributed by atoms with Crippen LogP contribution in [0.25, 0.3) is 10.9 Å². The lowest BCUT2D eigenvalue weighted by atomic mass is 9.97. The maximum atomic E-state index is 13.8. The first-order chi connectivity index (χ1) is 8.08. The Hall–Kier alpha value is -1.35. The van der Waals surface area contributed by atoms with Gasteiger partial charge in [0.15, 0.2) is 0 Å². The van der Waals surface area contributed by atoms with Crippen LogP contribution in [0.15, 0.2) is 18.3 Å². The molecule has 0 spiro atoms. The van der Waals surface area contributed by atoms with Gasteiger partial charge in [0.1, 0.15) is 5.82 Å². The van der Waals surface area contributed by atoms with E-state index < -0.39 is 0 Å². The summed E-state index contributed by atoms with van der Waals surface area (Å²) >= 11 is 0. The Morgan fingerprint density at radius 2 is 2.18 bits per heavy atom. The van der Waals surface area contributed by atoms with Crippen molar-refractivity contribution in [1.29, 1.82) is 0 Å². The summed E-state index contributed by atoms with van der Waals surface area (Å²) in [6, 6.07) is 4.21. The Bertz CT molecular complexity index is 583. The molecule has 0 aliphatic carbocycles. The lowest BCUT2D eigenvalue weighted by Gasteiger charge is -2.30. The molecule has 3 heteroatoms. The van der Waals surface area contributed by atoms with Crippen molar-refractivity contribution in [2.75, 3.05) is 14.1 Å². The average Bonchev–Trinajstić information content (AvgIpc) is 2.70. The molecule has 0 N–H and O–H groups in total. The van der Waals surface area contributed by atoms with Crippen molar-refractivity contribution in [3.8, 4) is 0 Å². The van der Waals surface area contributed by atoms with E-state index in [-0.39, 0.29) is 5.82 Å². The monoisotopic (exact) mass is 232 g/mol. The van der Waals surface area contributed by atoms with Crippen molar-refractivity contribution >= 4 is 10.9 Å². The molecule has 0 fully saturated rings. The van der Waals surface area contributed by atoms with E-state index in [1.165, 1.54) is 5.52 Å². The van der Waals surface area contributed by atoms with Crippen LogP contribution in [-0.2, 0) is 13.0 Å². The molecule has 1 aromatic carbocycles. The highest BCUT2D eigenvalue weighted by atomic mass is 19.1. The van der Waals surface area contributed by atoms with E-state index in [1.807, 2.05) is 13.0 Å². The Balaban J connectivity index is 2.23. The first-order valence-electron chi connectivity index (χ1n) is 6.01. The van der Waals surface area contributed by atoms with Crippen LogP contribution in [0.4, 0.5) is 4.39 Å². The summed E-state index contributed by atoms with van der Waals surface area (Å²) < 4.78 is 16.1. The van der Waals surface area contributed by atoms with Crippen LogP contribution in [0, 0.1) is 12.7 Å². The summed E-state index contributed by atoms with van der Waals surface area (Å²) in [5.74, 6) is -0.0790. The van der Waals surface area contributed by atoms with E-state index in [4.69, 9.17) is 0 Å². The molecule has 1 aliphatic heterocycles.